The smallest absolute Gasteiger partial charge is 0 e. The summed E-state index contributed by atoms with van der Waals surface area (Å²) in [4.78, 5) is 0. The number of rotatable bonds is 0. The molecule has 0 bridgehead atoms. The van der Waals surface area contributed by atoms with E-state index in [4.69, 9.17) is 0 Å². The molecule has 0 aliphatic carbocycles. The van der Waals surface area contributed by atoms with Gasteiger partial charge in [-0.05, 0) is 0 Å². The molecular formula is H12Cl2N4Pd-2. The third-order valence-electron chi connectivity index (χ3n) is 0. The van der Waals surface area contributed by atoms with Gasteiger partial charge in [0.15, 0.2) is 0 Å². The van der Waals surface area contributed by atoms with Crippen LogP contribution in [0.15, 0.2) is 0 Å². The van der Waals surface area contributed by atoms with E-state index in [1.807, 2.05) is 0 Å². The first-order valence-electron chi connectivity index (χ1n) is 0. The fourth-order valence-corrected chi connectivity index (χ4v) is 0. The molecule has 0 aromatic heterocycles. The molecule has 0 saturated carbocycles. The standard InChI is InChI=1S/2ClH.4H3N.Pd/h2*1H;4*1H3;/p-2. The summed E-state index contributed by atoms with van der Waals surface area (Å²) in [5.41, 5.74) is 0. The molecule has 0 saturated heterocycles. The number of halogens is 2. The maximum absolute atomic E-state index is 0. The summed E-state index contributed by atoms with van der Waals surface area (Å²) in [6.45, 7) is 0. The van der Waals surface area contributed by atoms with Crippen molar-refractivity contribution in [2.45, 2.75) is 0 Å². The molecule has 0 spiro atoms. The summed E-state index contributed by atoms with van der Waals surface area (Å²) in [5, 5.41) is 0. The minimum Gasteiger partial charge on any atom is -1.00 e. The van der Waals surface area contributed by atoms with Crippen LogP contribution in [0, 0.1) is 0 Å². The summed E-state index contributed by atoms with van der Waals surface area (Å²) in [6.07, 6.45) is 0. The minimum absolute atomic E-state index is 0. The Balaban J connectivity index is 0. The quantitative estimate of drug-likeness (QED) is 0.316. The molecule has 0 heterocycles. The molecule has 0 aromatic carbocycles. The van der Waals surface area contributed by atoms with Crippen molar-refractivity contribution in [3.8, 4) is 0 Å². The summed E-state index contributed by atoms with van der Waals surface area (Å²) in [6, 6.07) is 0. The van der Waals surface area contributed by atoms with Gasteiger partial charge in [0.25, 0.3) is 0 Å². The molecule has 0 rings (SSSR count). The molecule has 0 aliphatic heterocycles. The van der Waals surface area contributed by atoms with E-state index in [9.17, 15) is 0 Å². The van der Waals surface area contributed by atoms with Crippen LogP contribution < -0.4 is 49.4 Å². The fraction of sp³-hybridized carbons (Fsp3) is 0. The van der Waals surface area contributed by atoms with Crippen molar-refractivity contribution in [3.63, 3.8) is 0 Å². The van der Waals surface area contributed by atoms with Crippen molar-refractivity contribution >= 4 is 0 Å². The fourth-order valence-electron chi connectivity index (χ4n) is 0. The van der Waals surface area contributed by atoms with Crippen LogP contribution in [0.5, 0.6) is 0 Å². The molecule has 0 radical (unpaired) electrons. The van der Waals surface area contributed by atoms with Crippen molar-refractivity contribution in [3.05, 3.63) is 0 Å². The maximum Gasteiger partial charge on any atom is 0 e. The van der Waals surface area contributed by atoms with Crippen molar-refractivity contribution in [1.29, 1.82) is 0 Å². The predicted octanol–water partition coefficient (Wildman–Crippen LogP) is -5.35. The van der Waals surface area contributed by atoms with Crippen LogP contribution >= 0.6 is 0 Å². The van der Waals surface area contributed by atoms with Gasteiger partial charge in [0, 0.05) is 20.4 Å². The Morgan fingerprint density at radius 3 is 0.429 bits per heavy atom. The van der Waals surface area contributed by atoms with Crippen LogP contribution in [0.3, 0.4) is 0 Å². The van der Waals surface area contributed by atoms with Crippen molar-refractivity contribution in [2.24, 2.45) is 0 Å². The first-order chi connectivity index (χ1) is 0. The van der Waals surface area contributed by atoms with Gasteiger partial charge in [-0.3, -0.25) is 0 Å². The molecule has 0 fully saturated rings. The number of hydrogen-bond acceptors (Lipinski definition) is 4. The van der Waals surface area contributed by atoms with E-state index in [1.54, 1.807) is 0 Å². The molecule has 7 heavy (non-hydrogen) atoms. The number of hydrogen-bond donors (Lipinski definition) is 4. The Morgan fingerprint density at radius 2 is 0.429 bits per heavy atom. The van der Waals surface area contributed by atoms with Crippen LogP contribution in [0.1, 0.15) is 0 Å². The molecule has 0 aromatic rings. The second-order valence-corrected chi connectivity index (χ2v) is 0. The topological polar surface area (TPSA) is 140 Å². The van der Waals surface area contributed by atoms with Gasteiger partial charge in [0.2, 0.25) is 0 Å². The second-order valence-electron chi connectivity index (χ2n) is 0. The van der Waals surface area contributed by atoms with Gasteiger partial charge in [0.1, 0.15) is 0 Å². The van der Waals surface area contributed by atoms with Gasteiger partial charge in [-0.15, -0.1) is 0 Å². The van der Waals surface area contributed by atoms with Gasteiger partial charge < -0.3 is 49.4 Å². The average Bonchev–Trinajstić information content (AvgIpc) is 0. The largest absolute Gasteiger partial charge is 1.00 e. The first kappa shape index (κ1) is 346. The molecule has 7 heteroatoms. The van der Waals surface area contributed by atoms with Crippen LogP contribution in [0.25, 0.3) is 0 Å². The normalized spacial score (nSPS) is 0. The Kier molecular flexibility index (Phi) is 11100. The van der Waals surface area contributed by atoms with Gasteiger partial charge in [-0.2, -0.15) is 0 Å². The van der Waals surface area contributed by atoms with Crippen molar-refractivity contribution < 1.29 is 45.2 Å². The van der Waals surface area contributed by atoms with E-state index in [0.29, 0.717) is 0 Å². The Bertz CT molecular complexity index is 9.65. The third kappa shape index (κ3) is 156. The molecule has 0 atom stereocenters. The Hall–Kier alpha value is 1.08. The zero-order valence-electron chi connectivity index (χ0n) is 3.90. The zero-order chi connectivity index (χ0) is 0. The summed E-state index contributed by atoms with van der Waals surface area (Å²) < 4.78 is 0. The molecule has 12 N–H and O–H groups in total. The maximum atomic E-state index is 0. The van der Waals surface area contributed by atoms with Gasteiger partial charge >= 0.3 is 0 Å². The molecule has 58 valence electrons. The summed E-state index contributed by atoms with van der Waals surface area (Å²) in [7, 11) is 0. The molecule has 0 aliphatic rings. The monoisotopic (exact) mass is 244 g/mol. The van der Waals surface area contributed by atoms with E-state index in [0.717, 1.165) is 0 Å². The molecule has 4 nitrogen and oxygen atoms in total. The summed E-state index contributed by atoms with van der Waals surface area (Å²) in [5.74, 6) is 0. The van der Waals surface area contributed by atoms with E-state index >= 15 is 0 Å². The zero-order valence-corrected chi connectivity index (χ0v) is 6.97. The Morgan fingerprint density at radius 1 is 0.429 bits per heavy atom. The predicted molar refractivity (Wildman–Crippen MR) is 20.1 cm³/mol. The van der Waals surface area contributed by atoms with E-state index in [1.165, 1.54) is 0 Å². The van der Waals surface area contributed by atoms with E-state index in [2.05, 4.69) is 0 Å². The van der Waals surface area contributed by atoms with Gasteiger partial charge in [0.05, 0.1) is 0 Å². The van der Waals surface area contributed by atoms with Gasteiger partial charge in [-0.1, -0.05) is 0 Å². The first-order valence-corrected chi connectivity index (χ1v) is 0. The molecule has 0 unspecified atom stereocenters. The Labute approximate surface area is 70.0 Å². The molecule has 0 amide bonds. The minimum atomic E-state index is 0. The van der Waals surface area contributed by atoms with Crippen LogP contribution in [-0.2, 0) is 20.4 Å². The van der Waals surface area contributed by atoms with Crippen LogP contribution in [0.2, 0.25) is 0 Å². The van der Waals surface area contributed by atoms with Crippen molar-refractivity contribution in [2.75, 3.05) is 0 Å². The molecular weight excluding hydrogens is 233 g/mol. The van der Waals surface area contributed by atoms with Crippen LogP contribution in [-0.4, -0.2) is 0 Å². The SMILES string of the molecule is N.N.N.N.[Cl-].[Cl-].[Pd]. The van der Waals surface area contributed by atoms with Crippen molar-refractivity contribution in [1.82, 2.24) is 24.6 Å². The third-order valence-corrected chi connectivity index (χ3v) is 0. The average molecular weight is 245 g/mol. The van der Waals surface area contributed by atoms with Crippen LogP contribution in [0.4, 0.5) is 0 Å². The van der Waals surface area contributed by atoms with Gasteiger partial charge in [-0.25, -0.2) is 0 Å². The summed E-state index contributed by atoms with van der Waals surface area (Å²) >= 11 is 0. The van der Waals surface area contributed by atoms with E-state index in [-0.39, 0.29) is 69.8 Å². The second kappa shape index (κ2) is 224. The van der Waals surface area contributed by atoms with E-state index < -0.39 is 0 Å².